The van der Waals surface area contributed by atoms with Crippen LogP contribution in [0.1, 0.15) is 12.8 Å². The van der Waals surface area contributed by atoms with Crippen LogP contribution in [0.2, 0.25) is 0 Å². The standard InChI is InChI=1S/C14H14N2O3S/c1-19-13(18)8-7-12(17)16-14-15-9-11(20-14)10-5-3-2-4-6-10/h2-6,9H,7-8H2,1H3,(H,15,16,17). The summed E-state index contributed by atoms with van der Waals surface area (Å²) < 4.78 is 4.48. The van der Waals surface area contributed by atoms with Crippen LogP contribution in [-0.2, 0) is 14.3 Å². The normalized spacial score (nSPS) is 10.1. The summed E-state index contributed by atoms with van der Waals surface area (Å²) in [7, 11) is 1.30. The van der Waals surface area contributed by atoms with Crippen molar-refractivity contribution < 1.29 is 14.3 Å². The van der Waals surface area contributed by atoms with Gasteiger partial charge in [-0.25, -0.2) is 4.98 Å². The minimum absolute atomic E-state index is 0.0687. The number of aromatic nitrogens is 1. The number of thiazole rings is 1. The molecule has 0 bridgehead atoms. The van der Waals surface area contributed by atoms with Crippen molar-refractivity contribution >= 4 is 28.3 Å². The number of hydrogen-bond donors (Lipinski definition) is 1. The lowest BCUT2D eigenvalue weighted by molar-refractivity contribution is -0.141. The zero-order chi connectivity index (χ0) is 14.4. The Hall–Kier alpha value is -2.21. The molecule has 0 aliphatic carbocycles. The predicted octanol–water partition coefficient (Wildman–Crippen LogP) is 2.70. The molecule has 0 aliphatic rings. The molecule has 2 rings (SSSR count). The van der Waals surface area contributed by atoms with Gasteiger partial charge in [0.05, 0.1) is 18.4 Å². The van der Waals surface area contributed by atoms with Crippen LogP contribution >= 0.6 is 11.3 Å². The predicted molar refractivity (Wildman–Crippen MR) is 77.4 cm³/mol. The fourth-order valence-electron chi connectivity index (χ4n) is 1.57. The van der Waals surface area contributed by atoms with Crippen molar-refractivity contribution in [2.75, 3.05) is 12.4 Å². The number of nitrogens with one attached hydrogen (secondary N) is 1. The average Bonchev–Trinajstić information content (AvgIpc) is 2.94. The van der Waals surface area contributed by atoms with E-state index in [4.69, 9.17) is 0 Å². The minimum Gasteiger partial charge on any atom is -0.469 e. The highest BCUT2D eigenvalue weighted by molar-refractivity contribution is 7.19. The lowest BCUT2D eigenvalue weighted by Crippen LogP contribution is -2.13. The first-order chi connectivity index (χ1) is 9.69. The first kappa shape index (κ1) is 14.2. The summed E-state index contributed by atoms with van der Waals surface area (Å²) in [6, 6.07) is 9.81. The molecule has 0 unspecified atom stereocenters. The van der Waals surface area contributed by atoms with E-state index in [9.17, 15) is 9.59 Å². The van der Waals surface area contributed by atoms with Crippen LogP contribution in [-0.4, -0.2) is 24.0 Å². The number of esters is 1. The molecule has 1 amide bonds. The topological polar surface area (TPSA) is 68.3 Å². The number of methoxy groups -OCH3 is 1. The SMILES string of the molecule is COC(=O)CCC(=O)Nc1ncc(-c2ccccc2)s1. The van der Waals surface area contributed by atoms with Crippen molar-refractivity contribution in [2.24, 2.45) is 0 Å². The van der Waals surface area contributed by atoms with Crippen LogP contribution in [0.25, 0.3) is 10.4 Å². The van der Waals surface area contributed by atoms with Gasteiger partial charge in [0.15, 0.2) is 5.13 Å². The number of amides is 1. The summed E-state index contributed by atoms with van der Waals surface area (Å²) in [6.45, 7) is 0. The number of rotatable bonds is 5. The average molecular weight is 290 g/mol. The second-order valence-corrected chi connectivity index (χ2v) is 5.05. The molecule has 0 saturated carbocycles. The Kier molecular flexibility index (Phi) is 4.84. The van der Waals surface area contributed by atoms with E-state index in [-0.39, 0.29) is 18.7 Å². The summed E-state index contributed by atoms with van der Waals surface area (Å²) in [5.74, 6) is -0.645. The number of carbonyl (C=O) groups excluding carboxylic acids is 2. The molecular weight excluding hydrogens is 276 g/mol. The molecule has 1 aromatic carbocycles. The van der Waals surface area contributed by atoms with Crippen molar-refractivity contribution in [3.8, 4) is 10.4 Å². The zero-order valence-corrected chi connectivity index (χ0v) is 11.8. The van der Waals surface area contributed by atoms with E-state index in [2.05, 4.69) is 15.0 Å². The largest absolute Gasteiger partial charge is 0.469 e. The van der Waals surface area contributed by atoms with Gasteiger partial charge >= 0.3 is 5.97 Å². The maximum atomic E-state index is 11.6. The zero-order valence-electron chi connectivity index (χ0n) is 11.0. The third-order valence-electron chi connectivity index (χ3n) is 2.59. The van der Waals surface area contributed by atoms with E-state index >= 15 is 0 Å². The number of ether oxygens (including phenoxy) is 1. The highest BCUT2D eigenvalue weighted by Crippen LogP contribution is 2.28. The quantitative estimate of drug-likeness (QED) is 0.860. The molecule has 1 N–H and O–H groups in total. The summed E-state index contributed by atoms with van der Waals surface area (Å²) in [5.41, 5.74) is 1.06. The van der Waals surface area contributed by atoms with Gasteiger partial charge < -0.3 is 10.1 Å². The molecule has 6 heteroatoms. The summed E-state index contributed by atoms with van der Waals surface area (Å²) in [4.78, 5) is 27.7. The molecule has 104 valence electrons. The molecule has 2 aromatic rings. The highest BCUT2D eigenvalue weighted by Gasteiger charge is 2.10. The van der Waals surface area contributed by atoms with Crippen molar-refractivity contribution in [3.05, 3.63) is 36.5 Å². The highest BCUT2D eigenvalue weighted by atomic mass is 32.1. The third kappa shape index (κ3) is 3.89. The lowest BCUT2D eigenvalue weighted by Gasteiger charge is -2.00. The van der Waals surface area contributed by atoms with Gasteiger partial charge in [-0.1, -0.05) is 41.7 Å². The van der Waals surface area contributed by atoms with Gasteiger partial charge in [0.1, 0.15) is 0 Å². The summed E-state index contributed by atoms with van der Waals surface area (Å²) in [5, 5.41) is 3.20. The maximum Gasteiger partial charge on any atom is 0.306 e. The van der Waals surface area contributed by atoms with E-state index in [1.165, 1.54) is 18.4 Å². The first-order valence-electron chi connectivity index (χ1n) is 6.07. The van der Waals surface area contributed by atoms with Gasteiger partial charge in [-0.3, -0.25) is 9.59 Å². The Morgan fingerprint density at radius 2 is 2.00 bits per heavy atom. The van der Waals surface area contributed by atoms with Gasteiger partial charge in [0.25, 0.3) is 0 Å². The second-order valence-electron chi connectivity index (χ2n) is 4.02. The van der Waals surface area contributed by atoms with Crippen LogP contribution in [0.3, 0.4) is 0 Å². The van der Waals surface area contributed by atoms with Crippen molar-refractivity contribution in [2.45, 2.75) is 12.8 Å². The molecule has 0 saturated heterocycles. The molecule has 0 radical (unpaired) electrons. The van der Waals surface area contributed by atoms with E-state index < -0.39 is 5.97 Å². The first-order valence-corrected chi connectivity index (χ1v) is 6.88. The molecule has 5 nitrogen and oxygen atoms in total. The van der Waals surface area contributed by atoms with Gasteiger partial charge in [0, 0.05) is 12.6 Å². The van der Waals surface area contributed by atoms with Gasteiger partial charge in [-0.05, 0) is 5.56 Å². The number of carbonyl (C=O) groups is 2. The van der Waals surface area contributed by atoms with Gasteiger partial charge in [0.2, 0.25) is 5.91 Å². The Labute approximate surface area is 120 Å². The lowest BCUT2D eigenvalue weighted by atomic mass is 10.2. The molecule has 20 heavy (non-hydrogen) atoms. The second kappa shape index (κ2) is 6.81. The monoisotopic (exact) mass is 290 g/mol. The number of benzene rings is 1. The Morgan fingerprint density at radius 1 is 1.25 bits per heavy atom. The summed E-state index contributed by atoms with van der Waals surface area (Å²) >= 11 is 1.40. The molecule has 0 spiro atoms. The van der Waals surface area contributed by atoms with Crippen molar-refractivity contribution in [3.63, 3.8) is 0 Å². The van der Waals surface area contributed by atoms with E-state index in [1.54, 1.807) is 6.20 Å². The fraction of sp³-hybridized carbons (Fsp3) is 0.214. The maximum absolute atomic E-state index is 11.6. The molecule has 0 atom stereocenters. The van der Waals surface area contributed by atoms with Crippen LogP contribution < -0.4 is 5.32 Å². The molecule has 0 aliphatic heterocycles. The number of hydrogen-bond acceptors (Lipinski definition) is 5. The number of nitrogens with zero attached hydrogens (tertiary/aromatic N) is 1. The van der Waals surface area contributed by atoms with Gasteiger partial charge in [-0.15, -0.1) is 0 Å². The molecule has 0 fully saturated rings. The smallest absolute Gasteiger partial charge is 0.306 e. The van der Waals surface area contributed by atoms with Crippen molar-refractivity contribution in [1.82, 2.24) is 4.98 Å². The Balaban J connectivity index is 1.93. The molecular formula is C14H14N2O3S. The van der Waals surface area contributed by atoms with Crippen LogP contribution in [0.15, 0.2) is 36.5 Å². The minimum atomic E-state index is -0.399. The Morgan fingerprint density at radius 3 is 2.70 bits per heavy atom. The summed E-state index contributed by atoms with van der Waals surface area (Å²) in [6.07, 6.45) is 1.88. The van der Waals surface area contributed by atoms with E-state index in [0.29, 0.717) is 5.13 Å². The molecule has 1 heterocycles. The van der Waals surface area contributed by atoms with Crippen LogP contribution in [0.4, 0.5) is 5.13 Å². The van der Waals surface area contributed by atoms with E-state index in [1.807, 2.05) is 30.3 Å². The number of anilines is 1. The fourth-order valence-corrected chi connectivity index (χ4v) is 2.41. The third-order valence-corrected chi connectivity index (χ3v) is 3.56. The van der Waals surface area contributed by atoms with Crippen molar-refractivity contribution in [1.29, 1.82) is 0 Å². The van der Waals surface area contributed by atoms with Crippen LogP contribution in [0, 0.1) is 0 Å². The Bertz CT molecular complexity index is 595. The van der Waals surface area contributed by atoms with E-state index in [0.717, 1.165) is 10.4 Å². The van der Waals surface area contributed by atoms with Gasteiger partial charge in [-0.2, -0.15) is 0 Å². The molecule has 1 aromatic heterocycles. The van der Waals surface area contributed by atoms with Crippen LogP contribution in [0.5, 0.6) is 0 Å².